The van der Waals surface area contributed by atoms with Crippen molar-refractivity contribution in [3.63, 3.8) is 0 Å². The fourth-order valence-electron chi connectivity index (χ4n) is 2.47. The van der Waals surface area contributed by atoms with E-state index in [1.165, 1.54) is 17.0 Å². The second-order valence-corrected chi connectivity index (χ2v) is 8.22. The number of hydrogen-bond donors (Lipinski definition) is 3. The largest absolute Gasteiger partial charge is 0.496 e. The summed E-state index contributed by atoms with van der Waals surface area (Å²) in [6.07, 6.45) is 0. The highest BCUT2D eigenvalue weighted by Gasteiger charge is 2.09. The van der Waals surface area contributed by atoms with Crippen LogP contribution in [0.5, 0.6) is 5.75 Å². The molecular formula is C20H27N5O4S. The topological polar surface area (TPSA) is 126 Å². The first-order valence-electron chi connectivity index (χ1n) is 9.16. The van der Waals surface area contributed by atoms with Crippen molar-refractivity contribution in [1.29, 1.82) is 0 Å². The van der Waals surface area contributed by atoms with E-state index >= 15 is 0 Å². The number of methoxy groups -OCH3 is 1. The minimum absolute atomic E-state index is 0.0412. The van der Waals surface area contributed by atoms with Crippen molar-refractivity contribution in [2.24, 2.45) is 10.1 Å². The zero-order valence-electron chi connectivity index (χ0n) is 17.3. The van der Waals surface area contributed by atoms with Gasteiger partial charge < -0.3 is 20.3 Å². The Morgan fingerprint density at radius 3 is 2.37 bits per heavy atom. The van der Waals surface area contributed by atoms with Gasteiger partial charge in [-0.2, -0.15) is 0 Å². The molecule has 0 heterocycles. The molecule has 2 aromatic rings. The minimum atomic E-state index is -3.74. The fraction of sp³-hybridized carbons (Fsp3) is 0.300. The molecule has 0 aliphatic heterocycles. The number of carbonyl (C=O) groups excluding carboxylic acids is 1. The normalized spacial score (nSPS) is 11.7. The number of benzene rings is 2. The molecule has 0 atom stereocenters. The number of sulfonamides is 1. The van der Waals surface area contributed by atoms with Gasteiger partial charge in [0.15, 0.2) is 5.96 Å². The van der Waals surface area contributed by atoms with Crippen LogP contribution in [0.3, 0.4) is 0 Å². The fourth-order valence-corrected chi connectivity index (χ4v) is 2.99. The van der Waals surface area contributed by atoms with E-state index in [2.05, 4.69) is 15.6 Å². The van der Waals surface area contributed by atoms with E-state index in [0.717, 1.165) is 16.9 Å². The molecule has 4 N–H and O–H groups in total. The summed E-state index contributed by atoms with van der Waals surface area (Å²) in [6, 6.07) is 13.8. The molecule has 0 bridgehead atoms. The van der Waals surface area contributed by atoms with Gasteiger partial charge in [-0.05, 0) is 23.8 Å². The molecule has 0 saturated carbocycles. The third-order valence-corrected chi connectivity index (χ3v) is 5.15. The van der Waals surface area contributed by atoms with Gasteiger partial charge in [0.05, 0.1) is 25.1 Å². The maximum absolute atomic E-state index is 11.9. The van der Waals surface area contributed by atoms with E-state index in [4.69, 9.17) is 9.88 Å². The number of nitrogens with one attached hydrogen (secondary N) is 2. The summed E-state index contributed by atoms with van der Waals surface area (Å²) in [6.45, 7) is 0.799. The van der Waals surface area contributed by atoms with Crippen LogP contribution in [0, 0.1) is 0 Å². The van der Waals surface area contributed by atoms with Crippen LogP contribution in [-0.4, -0.2) is 52.9 Å². The lowest BCUT2D eigenvalue weighted by atomic mass is 10.2. The average Bonchev–Trinajstić information content (AvgIpc) is 2.72. The van der Waals surface area contributed by atoms with E-state index in [0.29, 0.717) is 12.5 Å². The van der Waals surface area contributed by atoms with Gasteiger partial charge in [0.1, 0.15) is 5.75 Å². The van der Waals surface area contributed by atoms with Crippen molar-refractivity contribution in [2.75, 3.05) is 27.7 Å². The number of carbonyl (C=O) groups is 1. The van der Waals surface area contributed by atoms with E-state index in [9.17, 15) is 13.2 Å². The number of para-hydroxylation sites is 1. The maximum Gasteiger partial charge on any atom is 0.241 e. The van der Waals surface area contributed by atoms with Crippen LogP contribution < -0.4 is 20.5 Å². The molecule has 0 fully saturated rings. The summed E-state index contributed by atoms with van der Waals surface area (Å²) >= 11 is 0. The van der Waals surface area contributed by atoms with Crippen LogP contribution in [0.2, 0.25) is 0 Å². The first-order chi connectivity index (χ1) is 14.2. The minimum Gasteiger partial charge on any atom is -0.496 e. The Balaban J connectivity index is 2.12. The Kier molecular flexibility index (Phi) is 8.19. The van der Waals surface area contributed by atoms with Crippen LogP contribution in [0.15, 0.2) is 58.4 Å². The first-order valence-corrected chi connectivity index (χ1v) is 10.7. The van der Waals surface area contributed by atoms with Gasteiger partial charge in [-0.3, -0.25) is 4.79 Å². The zero-order chi connectivity index (χ0) is 22.1. The second kappa shape index (κ2) is 10.6. The quantitative estimate of drug-likeness (QED) is 0.415. The Hall–Kier alpha value is -3.11. The number of hydrogen-bond acceptors (Lipinski definition) is 5. The Labute approximate surface area is 177 Å². The molecule has 2 aromatic carbocycles. The molecule has 0 spiro atoms. The number of aliphatic imine (C=N–C) groups is 1. The van der Waals surface area contributed by atoms with Crippen LogP contribution in [0.1, 0.15) is 11.1 Å². The van der Waals surface area contributed by atoms with Gasteiger partial charge in [0.25, 0.3) is 0 Å². The maximum atomic E-state index is 11.9. The lowest BCUT2D eigenvalue weighted by Gasteiger charge is -2.16. The molecule has 0 aromatic heterocycles. The molecule has 0 aliphatic rings. The molecule has 2 rings (SSSR count). The van der Waals surface area contributed by atoms with Crippen LogP contribution in [-0.2, 0) is 27.9 Å². The average molecular weight is 434 g/mol. The number of guanidine groups is 1. The molecule has 0 saturated heterocycles. The summed E-state index contributed by atoms with van der Waals surface area (Å²) in [4.78, 5) is 17.9. The van der Waals surface area contributed by atoms with E-state index in [1.807, 2.05) is 24.3 Å². The van der Waals surface area contributed by atoms with Crippen molar-refractivity contribution in [2.45, 2.75) is 18.0 Å². The van der Waals surface area contributed by atoms with Gasteiger partial charge in [-0.1, -0.05) is 30.3 Å². The Bertz CT molecular complexity index is 989. The summed E-state index contributed by atoms with van der Waals surface area (Å²) in [5.74, 6) is 1.08. The summed E-state index contributed by atoms with van der Waals surface area (Å²) in [5, 5.41) is 11.3. The van der Waals surface area contributed by atoms with E-state index < -0.39 is 10.0 Å². The third kappa shape index (κ3) is 7.05. The monoisotopic (exact) mass is 433 g/mol. The summed E-state index contributed by atoms with van der Waals surface area (Å²) in [5.41, 5.74) is 1.73. The highest BCUT2D eigenvalue weighted by molar-refractivity contribution is 7.89. The molecule has 9 nitrogen and oxygen atoms in total. The number of primary sulfonamides is 1. The van der Waals surface area contributed by atoms with Gasteiger partial charge in [0.2, 0.25) is 15.9 Å². The zero-order valence-corrected chi connectivity index (χ0v) is 18.1. The van der Waals surface area contributed by atoms with Gasteiger partial charge in [0, 0.05) is 26.2 Å². The molecule has 0 aliphatic carbocycles. The molecule has 162 valence electrons. The van der Waals surface area contributed by atoms with Crippen molar-refractivity contribution < 1.29 is 17.9 Å². The predicted octanol–water partition coefficient (Wildman–Crippen LogP) is 0.666. The lowest BCUT2D eigenvalue weighted by molar-refractivity contribution is -0.127. The number of ether oxygens (including phenoxy) is 1. The van der Waals surface area contributed by atoms with Gasteiger partial charge in [-0.15, -0.1) is 0 Å². The molecule has 0 radical (unpaired) electrons. The molecule has 30 heavy (non-hydrogen) atoms. The van der Waals surface area contributed by atoms with Gasteiger partial charge in [-0.25, -0.2) is 18.5 Å². The van der Waals surface area contributed by atoms with Crippen molar-refractivity contribution >= 4 is 21.9 Å². The highest BCUT2D eigenvalue weighted by Crippen LogP contribution is 2.16. The number of amides is 1. The predicted molar refractivity (Wildman–Crippen MR) is 115 cm³/mol. The molecular weight excluding hydrogens is 406 g/mol. The Morgan fingerprint density at radius 1 is 1.10 bits per heavy atom. The van der Waals surface area contributed by atoms with Crippen molar-refractivity contribution in [1.82, 2.24) is 15.5 Å². The van der Waals surface area contributed by atoms with Crippen molar-refractivity contribution in [3.8, 4) is 5.75 Å². The SMILES string of the molecule is COc1ccccc1CNC(=NCc1ccc(S(N)(=O)=O)cc1)NCC(=O)N(C)C. The second-order valence-electron chi connectivity index (χ2n) is 6.66. The van der Waals surface area contributed by atoms with Crippen LogP contribution >= 0.6 is 0 Å². The number of likely N-dealkylation sites (N-methyl/N-ethyl adjacent to an activating group) is 1. The third-order valence-electron chi connectivity index (χ3n) is 4.22. The van der Waals surface area contributed by atoms with E-state index in [-0.39, 0.29) is 23.9 Å². The lowest BCUT2D eigenvalue weighted by Crippen LogP contribution is -2.42. The molecule has 10 heteroatoms. The van der Waals surface area contributed by atoms with Crippen LogP contribution in [0.25, 0.3) is 0 Å². The smallest absolute Gasteiger partial charge is 0.241 e. The summed E-state index contributed by atoms with van der Waals surface area (Å²) in [7, 11) is 1.22. The Morgan fingerprint density at radius 2 is 1.77 bits per heavy atom. The van der Waals surface area contributed by atoms with E-state index in [1.54, 1.807) is 33.3 Å². The van der Waals surface area contributed by atoms with Gasteiger partial charge >= 0.3 is 0 Å². The number of nitrogens with two attached hydrogens (primary N) is 1. The standard InChI is InChI=1S/C20H27N5O4S/c1-25(2)19(26)14-24-20(23-13-16-6-4-5-7-18(16)29-3)22-12-15-8-10-17(11-9-15)30(21,27)28/h4-11H,12-14H2,1-3H3,(H2,21,27,28)(H2,22,23,24). The van der Waals surface area contributed by atoms with Crippen LogP contribution in [0.4, 0.5) is 0 Å². The molecule has 0 unspecified atom stereocenters. The first kappa shape index (κ1) is 23.2. The molecule has 1 amide bonds. The highest BCUT2D eigenvalue weighted by atomic mass is 32.2. The summed E-state index contributed by atoms with van der Waals surface area (Å²) < 4.78 is 28.1. The number of nitrogens with zero attached hydrogens (tertiary/aromatic N) is 2. The van der Waals surface area contributed by atoms with Crippen molar-refractivity contribution in [3.05, 3.63) is 59.7 Å². The number of rotatable bonds is 8.